The third kappa shape index (κ3) is 5.58. The molecule has 0 aromatic heterocycles. The number of hydrogen-bond acceptors (Lipinski definition) is 2. The fourth-order valence-electron chi connectivity index (χ4n) is 3.06. The van der Waals surface area contributed by atoms with Gasteiger partial charge in [0.15, 0.2) is 5.96 Å². The highest BCUT2D eigenvalue weighted by atomic mass is 127. The van der Waals surface area contributed by atoms with Crippen molar-refractivity contribution in [3.8, 4) is 0 Å². The number of ether oxygens (including phenoxy) is 1. The van der Waals surface area contributed by atoms with Gasteiger partial charge in [-0.1, -0.05) is 13.8 Å². The average Bonchev–Trinajstić information content (AvgIpc) is 2.88. The van der Waals surface area contributed by atoms with Gasteiger partial charge in [0.05, 0.1) is 12.6 Å². The molecule has 5 heteroatoms. The van der Waals surface area contributed by atoms with Crippen LogP contribution in [0.2, 0.25) is 0 Å². The zero-order valence-electron chi connectivity index (χ0n) is 13.9. The van der Waals surface area contributed by atoms with Crippen molar-refractivity contribution in [2.75, 3.05) is 32.8 Å². The predicted molar refractivity (Wildman–Crippen MR) is 99.6 cm³/mol. The van der Waals surface area contributed by atoms with Crippen molar-refractivity contribution in [2.45, 2.75) is 59.0 Å². The molecule has 2 fully saturated rings. The largest absolute Gasteiger partial charge is 0.376 e. The van der Waals surface area contributed by atoms with E-state index in [0.29, 0.717) is 11.5 Å². The van der Waals surface area contributed by atoms with E-state index in [2.05, 4.69) is 31.0 Å². The van der Waals surface area contributed by atoms with Crippen LogP contribution in [0, 0.1) is 5.41 Å². The van der Waals surface area contributed by atoms with E-state index in [0.717, 1.165) is 45.2 Å². The molecule has 2 aliphatic heterocycles. The maximum absolute atomic E-state index is 5.78. The molecule has 2 atom stereocenters. The van der Waals surface area contributed by atoms with E-state index in [1.807, 2.05) is 0 Å². The fourth-order valence-corrected chi connectivity index (χ4v) is 3.06. The molecule has 21 heavy (non-hydrogen) atoms. The van der Waals surface area contributed by atoms with Crippen molar-refractivity contribution in [1.29, 1.82) is 0 Å². The Bertz CT molecular complexity index is 331. The summed E-state index contributed by atoms with van der Waals surface area (Å²) in [5.41, 5.74) is 0.456. The summed E-state index contributed by atoms with van der Waals surface area (Å²) < 4.78 is 5.78. The van der Waals surface area contributed by atoms with Crippen LogP contribution >= 0.6 is 24.0 Å². The zero-order chi connectivity index (χ0) is 14.4. The van der Waals surface area contributed by atoms with Crippen molar-refractivity contribution >= 4 is 29.9 Å². The lowest BCUT2D eigenvalue weighted by molar-refractivity contribution is 0.0223. The third-order valence-corrected chi connectivity index (χ3v) is 4.76. The van der Waals surface area contributed by atoms with Gasteiger partial charge >= 0.3 is 0 Å². The van der Waals surface area contributed by atoms with Gasteiger partial charge < -0.3 is 15.0 Å². The molecule has 1 N–H and O–H groups in total. The van der Waals surface area contributed by atoms with Crippen LogP contribution in [-0.2, 0) is 4.74 Å². The number of nitrogens with one attached hydrogen (secondary N) is 1. The van der Waals surface area contributed by atoms with E-state index < -0.39 is 0 Å². The second-order valence-electron chi connectivity index (χ2n) is 6.52. The van der Waals surface area contributed by atoms with E-state index in [1.165, 1.54) is 25.7 Å². The smallest absolute Gasteiger partial charge is 0.194 e. The first-order chi connectivity index (χ1) is 9.67. The maximum Gasteiger partial charge on any atom is 0.194 e. The van der Waals surface area contributed by atoms with Gasteiger partial charge in [0.25, 0.3) is 0 Å². The Morgan fingerprint density at radius 1 is 1.38 bits per heavy atom. The Hall–Kier alpha value is -0.0400. The van der Waals surface area contributed by atoms with E-state index in [4.69, 9.17) is 9.73 Å². The maximum atomic E-state index is 5.78. The minimum atomic E-state index is 0. The normalized spacial score (nSPS) is 30.1. The summed E-state index contributed by atoms with van der Waals surface area (Å²) in [6, 6.07) is 0. The standard InChI is InChI=1S/C16H31N3O.HI/c1-4-16(3)9-10-19(13-16)15(17-5-2)18-12-14-8-6-7-11-20-14;/h14H,4-13H2,1-3H3,(H,17,18);1H. The number of nitrogens with zero attached hydrogens (tertiary/aromatic N) is 2. The first-order valence-electron chi connectivity index (χ1n) is 8.32. The molecule has 124 valence electrons. The van der Waals surface area contributed by atoms with E-state index in [-0.39, 0.29) is 24.0 Å². The van der Waals surface area contributed by atoms with Crippen LogP contribution in [0.1, 0.15) is 52.9 Å². The molecule has 0 aromatic rings. The summed E-state index contributed by atoms with van der Waals surface area (Å²) in [5, 5.41) is 3.45. The van der Waals surface area contributed by atoms with Crippen LogP contribution < -0.4 is 5.32 Å². The summed E-state index contributed by atoms with van der Waals surface area (Å²) in [6.07, 6.45) is 6.51. The molecule has 2 heterocycles. The second kappa shape index (κ2) is 9.18. The lowest BCUT2D eigenvalue weighted by Crippen LogP contribution is -2.41. The Balaban J connectivity index is 0.00000220. The van der Waals surface area contributed by atoms with Crippen LogP contribution in [0.25, 0.3) is 0 Å². The van der Waals surface area contributed by atoms with Gasteiger partial charge in [-0.15, -0.1) is 24.0 Å². The van der Waals surface area contributed by atoms with Gasteiger partial charge in [-0.3, -0.25) is 4.99 Å². The monoisotopic (exact) mass is 409 g/mol. The molecular formula is C16H32IN3O. The summed E-state index contributed by atoms with van der Waals surface area (Å²) in [4.78, 5) is 7.25. The summed E-state index contributed by atoms with van der Waals surface area (Å²) in [6.45, 7) is 11.7. The van der Waals surface area contributed by atoms with Gasteiger partial charge in [-0.25, -0.2) is 0 Å². The van der Waals surface area contributed by atoms with Gasteiger partial charge in [-0.2, -0.15) is 0 Å². The molecule has 0 saturated carbocycles. The molecule has 2 unspecified atom stereocenters. The zero-order valence-corrected chi connectivity index (χ0v) is 16.2. The Labute approximate surface area is 147 Å². The molecule has 0 aromatic carbocycles. The summed E-state index contributed by atoms with van der Waals surface area (Å²) in [7, 11) is 0. The predicted octanol–water partition coefficient (Wildman–Crippen LogP) is 3.26. The highest BCUT2D eigenvalue weighted by molar-refractivity contribution is 14.0. The molecule has 2 aliphatic rings. The lowest BCUT2D eigenvalue weighted by atomic mass is 9.87. The Kier molecular flexibility index (Phi) is 8.31. The quantitative estimate of drug-likeness (QED) is 0.440. The van der Waals surface area contributed by atoms with Crippen molar-refractivity contribution in [1.82, 2.24) is 10.2 Å². The van der Waals surface area contributed by atoms with Crippen LogP contribution in [0.15, 0.2) is 4.99 Å². The lowest BCUT2D eigenvalue weighted by Gasteiger charge is -2.26. The molecule has 4 nitrogen and oxygen atoms in total. The molecule has 2 rings (SSSR count). The average molecular weight is 409 g/mol. The first-order valence-corrected chi connectivity index (χ1v) is 8.32. The van der Waals surface area contributed by atoms with Gasteiger partial charge in [0, 0.05) is 26.2 Å². The van der Waals surface area contributed by atoms with Crippen LogP contribution in [-0.4, -0.2) is 49.7 Å². The number of halogens is 1. The number of aliphatic imine (C=N–C) groups is 1. The summed E-state index contributed by atoms with van der Waals surface area (Å²) in [5.74, 6) is 1.08. The second-order valence-corrected chi connectivity index (χ2v) is 6.52. The first kappa shape index (κ1) is 19.0. The number of hydrogen-bond donors (Lipinski definition) is 1. The molecule has 0 spiro atoms. The minimum Gasteiger partial charge on any atom is -0.376 e. The molecule has 0 aliphatic carbocycles. The minimum absolute atomic E-state index is 0. The van der Waals surface area contributed by atoms with E-state index in [9.17, 15) is 0 Å². The van der Waals surface area contributed by atoms with Crippen LogP contribution in [0.5, 0.6) is 0 Å². The SMILES string of the molecule is CCNC(=NCC1CCCCO1)N1CCC(C)(CC)C1.I. The fraction of sp³-hybridized carbons (Fsp3) is 0.938. The molecule has 0 radical (unpaired) electrons. The number of rotatable bonds is 4. The van der Waals surface area contributed by atoms with Gasteiger partial charge in [0.1, 0.15) is 0 Å². The number of likely N-dealkylation sites (tertiary alicyclic amines) is 1. The van der Waals surface area contributed by atoms with E-state index in [1.54, 1.807) is 0 Å². The van der Waals surface area contributed by atoms with Crippen molar-refractivity contribution in [3.05, 3.63) is 0 Å². The van der Waals surface area contributed by atoms with Crippen molar-refractivity contribution < 1.29 is 4.74 Å². The highest BCUT2D eigenvalue weighted by Crippen LogP contribution is 2.32. The van der Waals surface area contributed by atoms with Crippen molar-refractivity contribution in [3.63, 3.8) is 0 Å². The summed E-state index contributed by atoms with van der Waals surface area (Å²) >= 11 is 0. The third-order valence-electron chi connectivity index (χ3n) is 4.76. The molecular weight excluding hydrogens is 377 g/mol. The number of guanidine groups is 1. The molecule has 0 bridgehead atoms. The van der Waals surface area contributed by atoms with Crippen LogP contribution in [0.4, 0.5) is 0 Å². The van der Waals surface area contributed by atoms with Crippen molar-refractivity contribution in [2.24, 2.45) is 10.4 Å². The molecule has 2 saturated heterocycles. The van der Waals surface area contributed by atoms with Gasteiger partial charge in [0.2, 0.25) is 0 Å². The van der Waals surface area contributed by atoms with Crippen LogP contribution in [0.3, 0.4) is 0 Å². The molecule has 0 amide bonds. The topological polar surface area (TPSA) is 36.9 Å². The van der Waals surface area contributed by atoms with Gasteiger partial charge in [-0.05, 0) is 44.4 Å². The van der Waals surface area contributed by atoms with E-state index >= 15 is 0 Å². The Morgan fingerprint density at radius 3 is 2.76 bits per heavy atom. The Morgan fingerprint density at radius 2 is 2.19 bits per heavy atom. The highest BCUT2D eigenvalue weighted by Gasteiger charge is 2.33.